The lowest BCUT2D eigenvalue weighted by Crippen LogP contribution is -2.53. The maximum Gasteiger partial charge on any atom is 0.410 e. The van der Waals surface area contributed by atoms with Crippen LogP contribution in [0.4, 0.5) is 19.2 Å². The molecule has 1 aliphatic carbocycles. The van der Waals surface area contributed by atoms with Crippen molar-refractivity contribution in [3.8, 4) is 0 Å². The maximum atomic E-state index is 13.0. The van der Waals surface area contributed by atoms with Crippen LogP contribution >= 0.6 is 0 Å². The van der Waals surface area contributed by atoms with Crippen molar-refractivity contribution in [1.29, 1.82) is 0 Å². The van der Waals surface area contributed by atoms with E-state index < -0.39 is 0 Å². The predicted octanol–water partition coefficient (Wildman–Crippen LogP) is 3.41. The van der Waals surface area contributed by atoms with Crippen LogP contribution in [-0.2, 0) is 35.4 Å². The normalized spacial score (nSPS) is 19.7. The standard InChI is InChI=1S/C38H56N8O6/c39-17-15-29-7-11-31(12-8-29)27-41-35(47)43-19-23-45(24-20-43)37(49)51-33-3-1-4-34(6-2-5-33)52-38(50)46-25-21-44(22-26-46)36(48)42-28-32-13-9-30(10-14-32)16-18-40/h7-14,33-34H,1-6,15-28,39-40H2,(H,41,47)(H,42,48)/t33-,34+. The number of urea groups is 2. The van der Waals surface area contributed by atoms with Gasteiger partial charge in [-0.15, -0.1) is 0 Å². The van der Waals surface area contributed by atoms with E-state index in [0.29, 0.717) is 104 Å². The first-order chi connectivity index (χ1) is 25.3. The highest BCUT2D eigenvalue weighted by atomic mass is 16.6. The van der Waals surface area contributed by atoms with Gasteiger partial charge in [0.25, 0.3) is 0 Å². The summed E-state index contributed by atoms with van der Waals surface area (Å²) in [7, 11) is 0. The molecule has 284 valence electrons. The lowest BCUT2D eigenvalue weighted by Gasteiger charge is -2.36. The third kappa shape index (κ3) is 11.7. The highest BCUT2D eigenvalue weighted by molar-refractivity contribution is 5.75. The van der Waals surface area contributed by atoms with Gasteiger partial charge < -0.3 is 51.2 Å². The molecule has 3 aliphatic rings. The molecule has 5 rings (SSSR count). The summed E-state index contributed by atoms with van der Waals surface area (Å²) in [5.74, 6) is 0. The molecule has 0 spiro atoms. The van der Waals surface area contributed by atoms with Crippen LogP contribution in [0.5, 0.6) is 0 Å². The van der Waals surface area contributed by atoms with E-state index in [-0.39, 0.29) is 36.5 Å². The third-order valence-corrected chi connectivity index (χ3v) is 10.1. The van der Waals surface area contributed by atoms with E-state index in [9.17, 15) is 19.2 Å². The summed E-state index contributed by atoms with van der Waals surface area (Å²) < 4.78 is 11.8. The lowest BCUT2D eigenvalue weighted by atomic mass is 9.96. The maximum absolute atomic E-state index is 13.0. The second-order valence-electron chi connectivity index (χ2n) is 13.8. The Morgan fingerprint density at radius 1 is 0.519 bits per heavy atom. The molecule has 2 aromatic rings. The molecule has 6 amide bonds. The Labute approximate surface area is 307 Å². The number of hydrogen-bond acceptors (Lipinski definition) is 8. The SMILES string of the molecule is NCCc1ccc(CNC(=O)N2CCN(C(=O)O[C@H]3CCC[C@@H](OC(=O)N4CCN(C(=O)NCc5ccc(CCN)cc5)CC4)CCC3)CC2)cc1. The van der Waals surface area contributed by atoms with E-state index >= 15 is 0 Å². The van der Waals surface area contributed by atoms with Crippen LogP contribution in [0.25, 0.3) is 0 Å². The zero-order chi connectivity index (χ0) is 36.7. The second kappa shape index (κ2) is 19.9. The minimum absolute atomic E-state index is 0.142. The Bertz CT molecular complexity index is 1320. The van der Waals surface area contributed by atoms with Crippen LogP contribution in [0.2, 0.25) is 0 Å². The van der Waals surface area contributed by atoms with E-state index in [2.05, 4.69) is 10.6 Å². The molecule has 0 aromatic heterocycles. The Morgan fingerprint density at radius 3 is 1.15 bits per heavy atom. The van der Waals surface area contributed by atoms with Crippen LogP contribution in [-0.4, -0.2) is 122 Å². The number of hydrogen-bond donors (Lipinski definition) is 4. The van der Waals surface area contributed by atoms with Gasteiger partial charge >= 0.3 is 24.2 Å². The molecule has 6 N–H and O–H groups in total. The Hall–Kier alpha value is -4.56. The Kier molecular flexibility index (Phi) is 14.8. The summed E-state index contributed by atoms with van der Waals surface area (Å²) >= 11 is 0. The van der Waals surface area contributed by atoms with Gasteiger partial charge in [-0.1, -0.05) is 48.5 Å². The topological polar surface area (TPSA) is 176 Å². The molecule has 14 nitrogen and oxygen atoms in total. The number of nitrogens with one attached hydrogen (secondary N) is 2. The smallest absolute Gasteiger partial charge is 0.410 e. The highest BCUT2D eigenvalue weighted by Gasteiger charge is 2.30. The van der Waals surface area contributed by atoms with Crippen LogP contribution < -0.4 is 22.1 Å². The zero-order valence-corrected chi connectivity index (χ0v) is 30.3. The zero-order valence-electron chi connectivity index (χ0n) is 30.3. The van der Waals surface area contributed by atoms with E-state index in [0.717, 1.165) is 36.8 Å². The average Bonchev–Trinajstić information content (AvgIpc) is 3.16. The highest BCUT2D eigenvalue weighted by Crippen LogP contribution is 2.24. The van der Waals surface area contributed by atoms with Crippen molar-refractivity contribution in [3.63, 3.8) is 0 Å². The summed E-state index contributed by atoms with van der Waals surface area (Å²) in [6.45, 7) is 5.58. The molecule has 0 bridgehead atoms. The van der Waals surface area contributed by atoms with Gasteiger partial charge in [0.05, 0.1) is 0 Å². The van der Waals surface area contributed by atoms with Crippen molar-refractivity contribution in [3.05, 3.63) is 70.8 Å². The average molecular weight is 721 g/mol. The summed E-state index contributed by atoms with van der Waals surface area (Å²) in [6.07, 6.45) is 5.02. The molecular formula is C38H56N8O6. The minimum Gasteiger partial charge on any atom is -0.446 e. The number of piperazine rings is 2. The second-order valence-corrected chi connectivity index (χ2v) is 13.8. The fourth-order valence-corrected chi connectivity index (χ4v) is 6.85. The number of amides is 6. The van der Waals surface area contributed by atoms with Gasteiger partial charge in [-0.2, -0.15) is 0 Å². The molecular weight excluding hydrogens is 664 g/mol. The van der Waals surface area contributed by atoms with E-state index in [1.165, 1.54) is 11.1 Å². The summed E-state index contributed by atoms with van der Waals surface area (Å²) in [4.78, 5) is 58.2. The summed E-state index contributed by atoms with van der Waals surface area (Å²) in [5.41, 5.74) is 15.6. The van der Waals surface area contributed by atoms with E-state index in [4.69, 9.17) is 20.9 Å². The van der Waals surface area contributed by atoms with Gasteiger partial charge in [0, 0.05) is 65.4 Å². The molecule has 0 radical (unpaired) electrons. The fraction of sp³-hybridized carbons (Fsp3) is 0.579. The number of nitrogens with two attached hydrogens (primary N) is 2. The van der Waals surface area contributed by atoms with Crippen molar-refractivity contribution >= 4 is 24.2 Å². The molecule has 0 atom stereocenters. The van der Waals surface area contributed by atoms with Gasteiger partial charge in [-0.25, -0.2) is 19.2 Å². The van der Waals surface area contributed by atoms with Gasteiger partial charge in [0.15, 0.2) is 0 Å². The lowest BCUT2D eigenvalue weighted by molar-refractivity contribution is 0.0196. The molecule has 14 heteroatoms. The van der Waals surface area contributed by atoms with Crippen molar-refractivity contribution in [1.82, 2.24) is 30.2 Å². The first kappa shape index (κ1) is 38.7. The largest absolute Gasteiger partial charge is 0.446 e. The van der Waals surface area contributed by atoms with Gasteiger partial charge in [0.2, 0.25) is 0 Å². The van der Waals surface area contributed by atoms with Crippen LogP contribution in [0.3, 0.4) is 0 Å². The third-order valence-electron chi connectivity index (χ3n) is 10.1. The molecule has 2 aromatic carbocycles. The first-order valence-electron chi connectivity index (χ1n) is 18.8. The molecule has 52 heavy (non-hydrogen) atoms. The van der Waals surface area contributed by atoms with E-state index in [1.807, 2.05) is 48.5 Å². The predicted molar refractivity (Wildman–Crippen MR) is 197 cm³/mol. The van der Waals surface area contributed by atoms with E-state index in [1.54, 1.807) is 19.6 Å². The van der Waals surface area contributed by atoms with Gasteiger partial charge in [0.1, 0.15) is 12.2 Å². The van der Waals surface area contributed by atoms with Gasteiger partial charge in [-0.3, -0.25) is 0 Å². The quantitative estimate of drug-likeness (QED) is 0.289. The van der Waals surface area contributed by atoms with Crippen LogP contribution in [0.15, 0.2) is 48.5 Å². The van der Waals surface area contributed by atoms with Crippen LogP contribution in [0.1, 0.15) is 60.8 Å². The minimum atomic E-state index is -0.337. The number of nitrogens with zero attached hydrogens (tertiary/aromatic N) is 4. The number of rotatable bonds is 10. The molecule has 3 fully saturated rings. The van der Waals surface area contributed by atoms with Gasteiger partial charge in [-0.05, 0) is 86.7 Å². The molecule has 2 heterocycles. The summed E-state index contributed by atoms with van der Waals surface area (Å²) in [6, 6.07) is 15.8. The molecule has 1 saturated carbocycles. The van der Waals surface area contributed by atoms with Crippen molar-refractivity contribution in [2.45, 2.75) is 76.7 Å². The van der Waals surface area contributed by atoms with Crippen molar-refractivity contribution in [2.75, 3.05) is 65.4 Å². The number of ether oxygens (including phenoxy) is 2. The fourth-order valence-electron chi connectivity index (χ4n) is 6.85. The first-order valence-corrected chi connectivity index (χ1v) is 18.8. The molecule has 2 aliphatic heterocycles. The number of benzene rings is 2. The molecule has 0 unspecified atom stereocenters. The Morgan fingerprint density at radius 2 is 0.827 bits per heavy atom. The number of carbonyl (C=O) groups is 4. The monoisotopic (exact) mass is 720 g/mol. The number of carbonyl (C=O) groups excluding carboxylic acids is 4. The summed E-state index contributed by atoms with van der Waals surface area (Å²) in [5, 5.41) is 5.94. The Balaban J connectivity index is 0.933. The van der Waals surface area contributed by atoms with Crippen LogP contribution in [0, 0.1) is 0 Å². The molecule has 2 saturated heterocycles. The van der Waals surface area contributed by atoms with Crippen molar-refractivity contribution < 1.29 is 28.7 Å². The van der Waals surface area contributed by atoms with Crippen molar-refractivity contribution in [2.24, 2.45) is 11.5 Å².